The number of hydrogen-bond acceptors (Lipinski definition) is 1. The van der Waals surface area contributed by atoms with Crippen LogP contribution in [0.15, 0.2) is 42.6 Å². The van der Waals surface area contributed by atoms with Gasteiger partial charge in [-0.15, -0.1) is 0 Å². The Morgan fingerprint density at radius 3 is 2.58 bits per heavy atom. The Morgan fingerprint density at radius 2 is 1.95 bits per heavy atom. The number of hydrogen-bond donors (Lipinski definition) is 0. The van der Waals surface area contributed by atoms with Crippen molar-refractivity contribution >= 4 is 28.5 Å². The lowest BCUT2D eigenvalue weighted by Crippen LogP contribution is -2.31. The molecule has 0 radical (unpaired) electrons. The molecule has 0 atom stereocenters. The number of halogens is 1. The maximum absolute atomic E-state index is 12.5. The molecule has 1 heterocycles. The number of carbonyl (C=O) groups is 1. The summed E-state index contributed by atoms with van der Waals surface area (Å²) in [4.78, 5) is 14.3. The van der Waals surface area contributed by atoms with Crippen LogP contribution in [-0.2, 0) is 0 Å². The molecule has 100 valence electrons. The molecule has 19 heavy (non-hydrogen) atoms. The first-order valence-electron chi connectivity index (χ1n) is 6.40. The van der Waals surface area contributed by atoms with Gasteiger partial charge in [0.05, 0.1) is 0 Å². The molecule has 2 aromatic rings. The highest BCUT2D eigenvalue weighted by Crippen LogP contribution is 2.17. The van der Waals surface area contributed by atoms with E-state index in [1.807, 2.05) is 59.8 Å². The second-order valence-corrected chi connectivity index (χ2v) is 5.47. The van der Waals surface area contributed by atoms with E-state index in [0.29, 0.717) is 5.69 Å². The van der Waals surface area contributed by atoms with Gasteiger partial charge < -0.3 is 9.47 Å². The second-order valence-electron chi connectivity index (χ2n) is 4.22. The summed E-state index contributed by atoms with van der Waals surface area (Å²) >= 11 is 2.28. The first kappa shape index (κ1) is 14.1. The summed E-state index contributed by atoms with van der Waals surface area (Å²) in [6.45, 7) is 5.46. The molecule has 0 spiro atoms. The Bertz CT molecular complexity index is 573. The number of benzene rings is 1. The minimum Gasteiger partial charge on any atom is -0.338 e. The highest BCUT2D eigenvalue weighted by molar-refractivity contribution is 14.1. The molecule has 0 aliphatic heterocycles. The van der Waals surface area contributed by atoms with E-state index in [4.69, 9.17) is 0 Å². The summed E-state index contributed by atoms with van der Waals surface area (Å²) in [7, 11) is 0. The lowest BCUT2D eigenvalue weighted by atomic mass is 10.3. The summed E-state index contributed by atoms with van der Waals surface area (Å²) < 4.78 is 3.10. The normalized spacial score (nSPS) is 10.5. The zero-order valence-electron chi connectivity index (χ0n) is 11.1. The Balaban J connectivity index is 2.40. The molecule has 4 heteroatoms. The number of amides is 1. The highest BCUT2D eigenvalue weighted by Gasteiger charge is 2.16. The largest absolute Gasteiger partial charge is 0.338 e. The Labute approximate surface area is 127 Å². The van der Waals surface area contributed by atoms with Gasteiger partial charge in [-0.25, -0.2) is 0 Å². The molecule has 0 fully saturated rings. The molecule has 0 N–H and O–H groups in total. The number of carbonyl (C=O) groups excluding carboxylic acids is 1. The van der Waals surface area contributed by atoms with Crippen LogP contribution in [0, 0.1) is 3.57 Å². The van der Waals surface area contributed by atoms with Crippen LogP contribution in [0.25, 0.3) is 5.69 Å². The third-order valence-electron chi connectivity index (χ3n) is 3.10. The first-order chi connectivity index (χ1) is 9.17. The minimum atomic E-state index is 0.0776. The highest BCUT2D eigenvalue weighted by atomic mass is 127. The maximum Gasteiger partial charge on any atom is 0.270 e. The fourth-order valence-corrected chi connectivity index (χ4v) is 2.61. The van der Waals surface area contributed by atoms with E-state index in [9.17, 15) is 4.79 Å². The zero-order chi connectivity index (χ0) is 13.8. The third kappa shape index (κ3) is 3.00. The van der Waals surface area contributed by atoms with Crippen molar-refractivity contribution in [1.82, 2.24) is 9.47 Å². The monoisotopic (exact) mass is 368 g/mol. The molecule has 0 bridgehead atoms. The molecule has 0 unspecified atom stereocenters. The minimum absolute atomic E-state index is 0.0776. The predicted octanol–water partition coefficient (Wildman–Crippen LogP) is 3.56. The summed E-state index contributed by atoms with van der Waals surface area (Å²) in [5, 5.41) is 0. The standard InChI is InChI=1S/C15H17IN2O/c1-3-17(4-2)15(19)14-9-6-10-18(14)13-8-5-7-12(16)11-13/h5-11H,3-4H2,1-2H3. The van der Waals surface area contributed by atoms with E-state index in [-0.39, 0.29) is 5.91 Å². The van der Waals surface area contributed by atoms with Crippen LogP contribution in [0.2, 0.25) is 0 Å². The van der Waals surface area contributed by atoms with E-state index in [1.165, 1.54) is 0 Å². The van der Waals surface area contributed by atoms with Gasteiger partial charge in [0.2, 0.25) is 0 Å². The van der Waals surface area contributed by atoms with Crippen LogP contribution in [-0.4, -0.2) is 28.5 Å². The molecule has 2 rings (SSSR count). The van der Waals surface area contributed by atoms with E-state index in [2.05, 4.69) is 28.7 Å². The molecule has 0 aliphatic carbocycles. The van der Waals surface area contributed by atoms with Gasteiger partial charge in [0.1, 0.15) is 5.69 Å². The summed E-state index contributed by atoms with van der Waals surface area (Å²) in [6, 6.07) is 11.9. The molecule has 0 aliphatic rings. The van der Waals surface area contributed by atoms with Crippen molar-refractivity contribution in [3.8, 4) is 5.69 Å². The predicted molar refractivity (Wildman–Crippen MR) is 85.7 cm³/mol. The fourth-order valence-electron chi connectivity index (χ4n) is 2.08. The molecule has 0 saturated heterocycles. The van der Waals surface area contributed by atoms with Crippen LogP contribution in [0.4, 0.5) is 0 Å². The van der Waals surface area contributed by atoms with E-state index < -0.39 is 0 Å². The molecule has 1 aromatic heterocycles. The van der Waals surface area contributed by atoms with Crippen LogP contribution >= 0.6 is 22.6 Å². The smallest absolute Gasteiger partial charge is 0.270 e. The topological polar surface area (TPSA) is 25.2 Å². The van der Waals surface area contributed by atoms with Crippen LogP contribution in [0.3, 0.4) is 0 Å². The zero-order valence-corrected chi connectivity index (χ0v) is 13.3. The van der Waals surface area contributed by atoms with Gasteiger partial charge in [-0.1, -0.05) is 6.07 Å². The Hall–Kier alpha value is -1.30. The van der Waals surface area contributed by atoms with Crippen LogP contribution < -0.4 is 0 Å². The summed E-state index contributed by atoms with van der Waals surface area (Å²) in [5.74, 6) is 0.0776. The van der Waals surface area contributed by atoms with Gasteiger partial charge in [0.15, 0.2) is 0 Å². The second kappa shape index (κ2) is 6.23. The molecular weight excluding hydrogens is 351 g/mol. The van der Waals surface area contributed by atoms with Crippen LogP contribution in [0.1, 0.15) is 24.3 Å². The maximum atomic E-state index is 12.5. The average molecular weight is 368 g/mol. The molecular formula is C15H17IN2O. The molecule has 1 amide bonds. The SMILES string of the molecule is CCN(CC)C(=O)c1cccn1-c1cccc(I)c1. The Kier molecular flexibility index (Phi) is 4.63. The molecule has 3 nitrogen and oxygen atoms in total. The Morgan fingerprint density at radius 1 is 1.21 bits per heavy atom. The van der Waals surface area contributed by atoms with E-state index >= 15 is 0 Å². The van der Waals surface area contributed by atoms with Crippen molar-refractivity contribution in [2.24, 2.45) is 0 Å². The van der Waals surface area contributed by atoms with E-state index in [0.717, 1.165) is 22.3 Å². The average Bonchev–Trinajstić information content (AvgIpc) is 2.89. The van der Waals surface area contributed by atoms with Crippen molar-refractivity contribution < 1.29 is 4.79 Å². The quantitative estimate of drug-likeness (QED) is 0.758. The summed E-state index contributed by atoms with van der Waals surface area (Å²) in [6.07, 6.45) is 1.93. The third-order valence-corrected chi connectivity index (χ3v) is 3.78. The van der Waals surface area contributed by atoms with Gasteiger partial charge >= 0.3 is 0 Å². The van der Waals surface area contributed by atoms with Gasteiger partial charge in [-0.05, 0) is 66.8 Å². The van der Waals surface area contributed by atoms with Crippen molar-refractivity contribution in [3.05, 3.63) is 51.9 Å². The number of aromatic nitrogens is 1. The van der Waals surface area contributed by atoms with E-state index in [1.54, 1.807) is 0 Å². The van der Waals surface area contributed by atoms with Crippen molar-refractivity contribution in [2.75, 3.05) is 13.1 Å². The van der Waals surface area contributed by atoms with Gasteiger partial charge in [-0.2, -0.15) is 0 Å². The lowest BCUT2D eigenvalue weighted by molar-refractivity contribution is 0.0765. The van der Waals surface area contributed by atoms with Crippen LogP contribution in [0.5, 0.6) is 0 Å². The first-order valence-corrected chi connectivity index (χ1v) is 7.47. The van der Waals surface area contributed by atoms with Crippen molar-refractivity contribution in [2.45, 2.75) is 13.8 Å². The molecule has 0 saturated carbocycles. The number of nitrogens with zero attached hydrogens (tertiary/aromatic N) is 2. The van der Waals surface area contributed by atoms with Gasteiger partial charge in [0.25, 0.3) is 5.91 Å². The molecule has 1 aromatic carbocycles. The van der Waals surface area contributed by atoms with Gasteiger partial charge in [0, 0.05) is 28.5 Å². The summed E-state index contributed by atoms with van der Waals surface area (Å²) in [5.41, 5.74) is 1.73. The van der Waals surface area contributed by atoms with Crippen molar-refractivity contribution in [1.29, 1.82) is 0 Å². The van der Waals surface area contributed by atoms with Crippen molar-refractivity contribution in [3.63, 3.8) is 0 Å². The van der Waals surface area contributed by atoms with Gasteiger partial charge in [-0.3, -0.25) is 4.79 Å². The lowest BCUT2D eigenvalue weighted by Gasteiger charge is -2.19. The fraction of sp³-hybridized carbons (Fsp3) is 0.267. The number of rotatable bonds is 4.